The average Bonchev–Trinajstić information content (AvgIpc) is 2.98. The number of benzene rings is 1. The molecule has 2 heteroatoms. The van der Waals surface area contributed by atoms with Crippen molar-refractivity contribution in [1.82, 2.24) is 4.90 Å². The molecule has 0 spiro atoms. The Morgan fingerprint density at radius 1 is 1.05 bits per heavy atom. The van der Waals surface area contributed by atoms with E-state index in [2.05, 4.69) is 43.0 Å². The van der Waals surface area contributed by atoms with E-state index < -0.39 is 0 Å². The van der Waals surface area contributed by atoms with Crippen LogP contribution in [0, 0.1) is 5.92 Å². The largest absolute Gasteiger partial charge is 0.329 e. The topological polar surface area (TPSA) is 29.3 Å². The summed E-state index contributed by atoms with van der Waals surface area (Å²) in [4.78, 5) is 2.73. The maximum absolute atomic E-state index is 6.17. The molecule has 0 radical (unpaired) electrons. The Balaban J connectivity index is 1.80. The third-order valence-electron chi connectivity index (χ3n) is 5.65. The highest BCUT2D eigenvalue weighted by Gasteiger charge is 2.38. The van der Waals surface area contributed by atoms with E-state index in [9.17, 15) is 0 Å². The van der Waals surface area contributed by atoms with Crippen molar-refractivity contribution in [3.8, 4) is 0 Å². The molecule has 1 aliphatic heterocycles. The lowest BCUT2D eigenvalue weighted by Gasteiger charge is -2.42. The molecule has 1 saturated heterocycles. The summed E-state index contributed by atoms with van der Waals surface area (Å²) in [7, 11) is 0. The van der Waals surface area contributed by atoms with Gasteiger partial charge in [0.1, 0.15) is 0 Å². The molecule has 0 bridgehead atoms. The van der Waals surface area contributed by atoms with Crippen LogP contribution in [0.3, 0.4) is 0 Å². The van der Waals surface area contributed by atoms with Gasteiger partial charge in [0, 0.05) is 18.6 Å². The van der Waals surface area contributed by atoms with Gasteiger partial charge in [0.05, 0.1) is 0 Å². The van der Waals surface area contributed by atoms with E-state index in [1.807, 2.05) is 0 Å². The Labute approximate surface area is 129 Å². The third kappa shape index (κ3) is 3.02. The van der Waals surface area contributed by atoms with Crippen LogP contribution in [0.1, 0.15) is 69.0 Å². The minimum absolute atomic E-state index is 0.414. The van der Waals surface area contributed by atoms with Crippen LogP contribution in [-0.2, 0) is 0 Å². The number of piperidine rings is 1. The highest BCUT2D eigenvalue weighted by Crippen LogP contribution is 2.40. The quantitative estimate of drug-likeness (QED) is 0.904. The van der Waals surface area contributed by atoms with Gasteiger partial charge < -0.3 is 5.73 Å². The minimum atomic E-state index is 0.414. The molecule has 2 fully saturated rings. The molecule has 21 heavy (non-hydrogen) atoms. The zero-order valence-electron chi connectivity index (χ0n) is 13.6. The predicted octanol–water partition coefficient (Wildman–Crippen LogP) is 4.07. The number of rotatable bonds is 4. The van der Waals surface area contributed by atoms with Crippen molar-refractivity contribution >= 4 is 0 Å². The normalized spacial score (nSPS) is 27.8. The zero-order chi connectivity index (χ0) is 14.8. The first kappa shape index (κ1) is 15.1. The molecule has 1 aromatic carbocycles. The molecule has 2 aliphatic rings. The van der Waals surface area contributed by atoms with Crippen LogP contribution in [0.25, 0.3) is 0 Å². The van der Waals surface area contributed by atoms with Crippen LogP contribution < -0.4 is 5.73 Å². The second-order valence-corrected chi connectivity index (χ2v) is 7.21. The van der Waals surface area contributed by atoms with Gasteiger partial charge >= 0.3 is 0 Å². The number of nitrogens with two attached hydrogens (primary N) is 1. The molecule has 116 valence electrons. The van der Waals surface area contributed by atoms with E-state index in [0.717, 1.165) is 18.5 Å². The fourth-order valence-electron chi connectivity index (χ4n) is 4.45. The first-order valence-corrected chi connectivity index (χ1v) is 8.76. The standard InChI is InChI=1S/C19H30N2/c1-14(2)15-8-10-17(11-9-15)19(13-20)21-12-4-6-16-5-3-7-18(16)21/h8-11,14,16,18-19H,3-7,12-13,20H2,1-2H3. The fraction of sp³-hybridized carbons (Fsp3) is 0.684. The smallest absolute Gasteiger partial charge is 0.0473 e. The number of fused-ring (bicyclic) bond motifs is 1. The van der Waals surface area contributed by atoms with Gasteiger partial charge in [-0.2, -0.15) is 0 Å². The van der Waals surface area contributed by atoms with Crippen molar-refractivity contribution in [2.45, 2.75) is 64.0 Å². The SMILES string of the molecule is CC(C)c1ccc(C(CN)N2CCCC3CCCC32)cc1. The lowest BCUT2D eigenvalue weighted by atomic mass is 9.89. The van der Waals surface area contributed by atoms with Crippen molar-refractivity contribution in [3.63, 3.8) is 0 Å². The second-order valence-electron chi connectivity index (χ2n) is 7.21. The average molecular weight is 286 g/mol. The van der Waals surface area contributed by atoms with Crippen LogP contribution >= 0.6 is 0 Å². The van der Waals surface area contributed by atoms with Gasteiger partial charge in [-0.1, -0.05) is 44.5 Å². The highest BCUT2D eigenvalue weighted by atomic mass is 15.2. The molecule has 3 rings (SSSR count). The summed E-state index contributed by atoms with van der Waals surface area (Å²) in [5.74, 6) is 1.53. The number of hydrogen-bond acceptors (Lipinski definition) is 2. The molecule has 2 N–H and O–H groups in total. The summed E-state index contributed by atoms with van der Waals surface area (Å²) in [5, 5.41) is 0. The molecule has 3 unspecified atom stereocenters. The fourth-order valence-corrected chi connectivity index (χ4v) is 4.45. The minimum Gasteiger partial charge on any atom is -0.329 e. The van der Waals surface area contributed by atoms with E-state index in [4.69, 9.17) is 5.73 Å². The van der Waals surface area contributed by atoms with E-state index in [1.54, 1.807) is 0 Å². The van der Waals surface area contributed by atoms with E-state index in [1.165, 1.54) is 49.8 Å². The monoisotopic (exact) mass is 286 g/mol. The Hall–Kier alpha value is -0.860. The van der Waals surface area contributed by atoms with Crippen molar-refractivity contribution < 1.29 is 0 Å². The molecule has 2 nitrogen and oxygen atoms in total. The van der Waals surface area contributed by atoms with Crippen molar-refractivity contribution in [2.75, 3.05) is 13.1 Å². The number of hydrogen-bond donors (Lipinski definition) is 1. The van der Waals surface area contributed by atoms with Crippen molar-refractivity contribution in [3.05, 3.63) is 35.4 Å². The van der Waals surface area contributed by atoms with Crippen molar-refractivity contribution in [1.29, 1.82) is 0 Å². The molecule has 1 saturated carbocycles. The Morgan fingerprint density at radius 2 is 1.71 bits per heavy atom. The summed E-state index contributed by atoms with van der Waals surface area (Å²) in [6.07, 6.45) is 7.01. The van der Waals surface area contributed by atoms with Crippen LogP contribution in [0.5, 0.6) is 0 Å². The van der Waals surface area contributed by atoms with Gasteiger partial charge in [-0.15, -0.1) is 0 Å². The molecule has 1 aliphatic carbocycles. The lowest BCUT2D eigenvalue weighted by molar-refractivity contribution is 0.0701. The molecule has 0 amide bonds. The van der Waals surface area contributed by atoms with Crippen molar-refractivity contribution in [2.24, 2.45) is 11.7 Å². The van der Waals surface area contributed by atoms with Gasteiger partial charge in [0.15, 0.2) is 0 Å². The van der Waals surface area contributed by atoms with Crippen LogP contribution in [0.15, 0.2) is 24.3 Å². The maximum Gasteiger partial charge on any atom is 0.0473 e. The van der Waals surface area contributed by atoms with Crippen LogP contribution in [0.2, 0.25) is 0 Å². The lowest BCUT2D eigenvalue weighted by Crippen LogP contribution is -2.46. The first-order valence-electron chi connectivity index (χ1n) is 8.76. The highest BCUT2D eigenvalue weighted by molar-refractivity contribution is 5.27. The van der Waals surface area contributed by atoms with Gasteiger partial charge in [-0.3, -0.25) is 4.90 Å². The predicted molar refractivity (Wildman–Crippen MR) is 89.4 cm³/mol. The summed E-state index contributed by atoms with van der Waals surface area (Å²) < 4.78 is 0. The third-order valence-corrected chi connectivity index (χ3v) is 5.65. The molecule has 0 aromatic heterocycles. The number of nitrogens with zero attached hydrogens (tertiary/aromatic N) is 1. The van der Waals surface area contributed by atoms with Crippen LogP contribution in [-0.4, -0.2) is 24.0 Å². The molecule has 1 heterocycles. The van der Waals surface area contributed by atoms with E-state index in [0.29, 0.717) is 12.0 Å². The molecule has 3 atom stereocenters. The molecular formula is C19H30N2. The van der Waals surface area contributed by atoms with Gasteiger partial charge in [0.25, 0.3) is 0 Å². The summed E-state index contributed by atoms with van der Waals surface area (Å²) >= 11 is 0. The Morgan fingerprint density at radius 3 is 2.38 bits per heavy atom. The Kier molecular flexibility index (Phi) is 4.66. The summed E-state index contributed by atoms with van der Waals surface area (Å²) in [6.45, 7) is 6.48. The summed E-state index contributed by atoms with van der Waals surface area (Å²) in [6, 6.07) is 10.4. The van der Waals surface area contributed by atoms with Gasteiger partial charge in [-0.05, 0) is 55.2 Å². The zero-order valence-corrected chi connectivity index (χ0v) is 13.6. The van der Waals surface area contributed by atoms with Gasteiger partial charge in [0.2, 0.25) is 0 Å². The first-order chi connectivity index (χ1) is 10.2. The van der Waals surface area contributed by atoms with E-state index >= 15 is 0 Å². The summed E-state index contributed by atoms with van der Waals surface area (Å²) in [5.41, 5.74) is 9.01. The molecule has 1 aromatic rings. The van der Waals surface area contributed by atoms with Crippen LogP contribution in [0.4, 0.5) is 0 Å². The Bertz CT molecular complexity index is 451. The number of likely N-dealkylation sites (tertiary alicyclic amines) is 1. The van der Waals surface area contributed by atoms with E-state index in [-0.39, 0.29) is 0 Å². The maximum atomic E-state index is 6.17. The second kappa shape index (κ2) is 6.50. The molecular weight excluding hydrogens is 256 g/mol. The van der Waals surface area contributed by atoms with Gasteiger partial charge in [-0.25, -0.2) is 0 Å².